The summed E-state index contributed by atoms with van der Waals surface area (Å²) in [5, 5.41) is 1.99. The number of hydrogen-bond acceptors (Lipinski definition) is 4. The average molecular weight is 1020 g/mol. The van der Waals surface area contributed by atoms with E-state index >= 15 is 0 Å². The molecule has 4 heterocycles. The van der Waals surface area contributed by atoms with Gasteiger partial charge in [0.25, 0.3) is 0 Å². The first-order chi connectivity index (χ1) is 29.3. The van der Waals surface area contributed by atoms with Crippen LogP contribution in [0.3, 0.4) is 0 Å². The third-order valence-electron chi connectivity index (χ3n) is 10.5. The summed E-state index contributed by atoms with van der Waals surface area (Å²) < 4.78 is 40.6. The van der Waals surface area contributed by atoms with Crippen LogP contribution in [0.2, 0.25) is 17.3 Å². The van der Waals surface area contributed by atoms with E-state index in [1.54, 1.807) is 18.3 Å². The Hall–Kier alpha value is -5.14. The summed E-state index contributed by atoms with van der Waals surface area (Å²) in [5.41, 5.74) is 11.6. The van der Waals surface area contributed by atoms with E-state index in [0.717, 1.165) is 72.4 Å². The molecule has 9 aromatic rings. The van der Waals surface area contributed by atoms with E-state index in [1.807, 2.05) is 56.4 Å². The smallest absolute Gasteiger partial charge is 0 e. The number of furan rings is 1. The maximum atomic E-state index is 8.49. The molecular formula is C52H50GeIrN4O-2. The predicted molar refractivity (Wildman–Crippen MR) is 245 cm³/mol. The largest absolute Gasteiger partial charge is 0 e. The number of hydrogen-bond donors (Lipinski definition) is 0. The first-order valence-electron chi connectivity index (χ1n) is 21.7. The molecule has 5 aromatic carbocycles. The number of rotatable bonds is 6. The Bertz CT molecular complexity index is 3070. The molecule has 0 amide bonds. The molecule has 299 valence electrons. The van der Waals surface area contributed by atoms with Gasteiger partial charge in [0, 0.05) is 42.9 Å². The van der Waals surface area contributed by atoms with E-state index in [9.17, 15) is 0 Å². The van der Waals surface area contributed by atoms with Crippen molar-refractivity contribution >= 4 is 50.8 Å². The summed E-state index contributed by atoms with van der Waals surface area (Å²) >= 11 is -2.14. The van der Waals surface area contributed by atoms with Gasteiger partial charge in [0.05, 0.1) is 22.4 Å². The van der Waals surface area contributed by atoms with Crippen LogP contribution in [0, 0.1) is 19.0 Å². The Morgan fingerprint density at radius 1 is 0.831 bits per heavy atom. The quantitative estimate of drug-likeness (QED) is 0.123. The Kier molecular flexibility index (Phi) is 10.5. The maximum Gasteiger partial charge on any atom is 0 e. The Morgan fingerprint density at radius 2 is 1.61 bits per heavy atom. The number of para-hydroxylation sites is 2. The summed E-state index contributed by atoms with van der Waals surface area (Å²) in [6.45, 7) is 8.41. The van der Waals surface area contributed by atoms with Crippen molar-refractivity contribution in [2.75, 3.05) is 0 Å². The number of aromatic nitrogens is 4. The Labute approximate surface area is 370 Å². The molecule has 0 bridgehead atoms. The van der Waals surface area contributed by atoms with Gasteiger partial charge in [0.1, 0.15) is 0 Å². The van der Waals surface area contributed by atoms with Crippen LogP contribution in [0.25, 0.3) is 72.6 Å². The van der Waals surface area contributed by atoms with Crippen LogP contribution in [0.4, 0.5) is 0 Å². The van der Waals surface area contributed by atoms with Gasteiger partial charge in [0.15, 0.2) is 0 Å². The Balaban J connectivity index is 0.000000207. The molecular weight excluding hydrogens is 961 g/mol. The molecule has 0 unspecified atom stereocenters. The van der Waals surface area contributed by atoms with E-state index < -0.39 is 26.0 Å². The number of imidazole rings is 1. The van der Waals surface area contributed by atoms with Crippen LogP contribution in [0.15, 0.2) is 138 Å². The SMILES string of the molecule is CC(C)(C)c1ccc(-n2c(-c3[c-]ccc4c3oc3ncccc34)nc3ccccc32)c(-c2ccccc2)c1.[2H]C([2H])([2H])c1c[c-]c(-c2cc(C([2H])(C)C)[c]([Ge]([CH3])([CH3])[CH3])cn2)cc1.[Ir]. The van der Waals surface area contributed by atoms with Crippen LogP contribution in [0.1, 0.15) is 62.7 Å². The summed E-state index contributed by atoms with van der Waals surface area (Å²) in [7, 11) is 0. The second-order valence-electron chi connectivity index (χ2n) is 17.0. The zero-order valence-corrected chi connectivity index (χ0v) is 39.2. The standard InChI is InChI=1S/C34H26N3O.C18H24GeN.Ir/c1-34(2,3)23-18-19-29(27(21-23)22-11-5-4-6-12-22)37-30-17-8-7-16-28(30)36-32(37)26-14-9-13-24-25-15-10-20-35-33(25)38-31(24)26;1-13(2)16-11-18(15-9-7-14(3)8-10-15)20-12-17(16)19(4,5)6;/h4-13,15-21H,1-3H3;7-9,11-13H,1-6H3;/q2*-1;/i;3D3,13D;. The van der Waals surface area contributed by atoms with Crippen LogP contribution >= 0.6 is 0 Å². The zero-order chi connectivity index (χ0) is 44.2. The predicted octanol–water partition coefficient (Wildman–Crippen LogP) is 13.3. The second-order valence-corrected chi connectivity index (χ2v) is 27.6. The first kappa shape index (κ1) is 36.9. The minimum absolute atomic E-state index is 0. The van der Waals surface area contributed by atoms with Gasteiger partial charge in [-0.2, -0.15) is 0 Å². The van der Waals surface area contributed by atoms with Crippen LogP contribution in [0.5, 0.6) is 0 Å². The first-order valence-corrected chi connectivity index (χ1v) is 27.0. The fraction of sp³-hybridized carbons (Fsp3) is 0.212. The molecule has 0 fully saturated rings. The van der Waals surface area contributed by atoms with E-state index in [-0.39, 0.29) is 31.1 Å². The van der Waals surface area contributed by atoms with Crippen molar-refractivity contribution < 1.29 is 30.0 Å². The van der Waals surface area contributed by atoms with Gasteiger partial charge >= 0.3 is 131 Å². The monoisotopic (exact) mass is 1020 g/mol. The van der Waals surface area contributed by atoms with Gasteiger partial charge in [-0.15, -0.1) is 18.2 Å². The number of pyridine rings is 2. The molecule has 4 aromatic heterocycles. The van der Waals surface area contributed by atoms with Crippen LogP contribution in [-0.2, 0) is 25.5 Å². The molecule has 5 nitrogen and oxygen atoms in total. The second kappa shape index (κ2) is 16.8. The van der Waals surface area contributed by atoms with Crippen molar-refractivity contribution in [3.8, 4) is 39.5 Å². The Morgan fingerprint density at radius 3 is 2.32 bits per heavy atom. The maximum absolute atomic E-state index is 8.49. The third-order valence-corrected chi connectivity index (χ3v) is 14.7. The third kappa shape index (κ3) is 8.50. The molecule has 0 atom stereocenters. The van der Waals surface area contributed by atoms with Crippen molar-refractivity contribution in [1.82, 2.24) is 19.5 Å². The molecule has 0 saturated heterocycles. The number of benzene rings is 5. The molecule has 0 saturated carbocycles. The van der Waals surface area contributed by atoms with Crippen LogP contribution in [-0.4, -0.2) is 32.8 Å². The van der Waals surface area contributed by atoms with E-state index in [4.69, 9.17) is 14.9 Å². The molecule has 0 aliphatic heterocycles. The summed E-state index contributed by atoms with van der Waals surface area (Å²) in [4.78, 5) is 14.2. The van der Waals surface area contributed by atoms with Crippen molar-refractivity contribution in [1.29, 1.82) is 0 Å². The molecule has 59 heavy (non-hydrogen) atoms. The van der Waals surface area contributed by atoms with Gasteiger partial charge in [-0.05, 0) is 52.9 Å². The van der Waals surface area contributed by atoms with Gasteiger partial charge in [-0.1, -0.05) is 80.3 Å². The number of fused-ring (bicyclic) bond motifs is 4. The molecule has 9 rings (SSSR count). The molecule has 0 aliphatic carbocycles. The number of nitrogens with zero attached hydrogens (tertiary/aromatic N) is 4. The molecule has 0 N–H and O–H groups in total. The van der Waals surface area contributed by atoms with E-state index in [2.05, 4.69) is 131 Å². The minimum Gasteiger partial charge on any atom is 0 e. The molecule has 1 radical (unpaired) electrons. The average Bonchev–Trinajstić information content (AvgIpc) is 3.82. The fourth-order valence-electron chi connectivity index (χ4n) is 7.42. The molecule has 0 aliphatic rings. The molecule has 7 heteroatoms. The minimum atomic E-state index is -2.14. The van der Waals surface area contributed by atoms with E-state index in [1.165, 1.54) is 16.0 Å². The van der Waals surface area contributed by atoms with Crippen molar-refractivity contribution in [3.63, 3.8) is 0 Å². The van der Waals surface area contributed by atoms with Crippen molar-refractivity contribution in [3.05, 3.63) is 163 Å². The number of aryl methyl sites for hydroxylation is 1. The fourth-order valence-corrected chi connectivity index (χ4v) is 10.7. The van der Waals surface area contributed by atoms with Crippen LogP contribution < -0.4 is 4.40 Å². The topological polar surface area (TPSA) is 56.7 Å². The van der Waals surface area contributed by atoms with Crippen molar-refractivity contribution in [2.45, 2.75) is 70.0 Å². The van der Waals surface area contributed by atoms with Gasteiger partial charge in [-0.3, -0.25) is 4.98 Å². The zero-order valence-electron chi connectivity index (χ0n) is 38.7. The summed E-state index contributed by atoms with van der Waals surface area (Å²) in [6, 6.07) is 46.9. The van der Waals surface area contributed by atoms with Gasteiger partial charge in [0.2, 0.25) is 5.71 Å². The van der Waals surface area contributed by atoms with Gasteiger partial charge < -0.3 is 8.98 Å². The summed E-state index contributed by atoms with van der Waals surface area (Å²) in [6.07, 6.45) is 3.67. The van der Waals surface area contributed by atoms with Crippen molar-refractivity contribution in [2.24, 2.45) is 0 Å². The van der Waals surface area contributed by atoms with Gasteiger partial charge in [-0.25, -0.2) is 4.98 Å². The molecule has 0 spiro atoms. The summed E-state index contributed by atoms with van der Waals surface area (Å²) in [5.74, 6) is 6.97. The normalized spacial score (nSPS) is 13.2. The van der Waals surface area contributed by atoms with E-state index in [0.29, 0.717) is 5.71 Å².